The summed E-state index contributed by atoms with van der Waals surface area (Å²) in [5.74, 6) is -1.31. The lowest BCUT2D eigenvalue weighted by atomic mass is 10.2. The molecule has 0 aliphatic rings. The molecular formula is C20H24FN3O5S2. The number of phenolic OH excluding ortho intramolecular Hbond substituents is 1. The Hall–Kier alpha value is -2.63. The molecule has 168 valence electrons. The number of amides is 2. The molecule has 0 radical (unpaired) electrons. The van der Waals surface area contributed by atoms with Crippen LogP contribution in [0.4, 0.5) is 4.39 Å². The first-order valence-corrected chi connectivity index (χ1v) is 12.2. The van der Waals surface area contributed by atoms with E-state index >= 15 is 0 Å². The van der Waals surface area contributed by atoms with E-state index in [1.54, 1.807) is 0 Å². The van der Waals surface area contributed by atoms with Crippen LogP contribution in [-0.4, -0.2) is 56.5 Å². The molecule has 8 nitrogen and oxygen atoms in total. The number of halogens is 1. The van der Waals surface area contributed by atoms with Crippen LogP contribution in [0.2, 0.25) is 0 Å². The summed E-state index contributed by atoms with van der Waals surface area (Å²) in [6.45, 7) is 0.181. The SMILES string of the molecule is CSCCC(NS(=O)(=O)c1ccccc1F)C(=O)NCCNC(=O)c1ccc(O)cc1. The number of sulfonamides is 1. The first-order valence-electron chi connectivity index (χ1n) is 9.35. The minimum atomic E-state index is -4.23. The van der Waals surface area contributed by atoms with Crippen LogP contribution in [0.15, 0.2) is 53.4 Å². The Balaban J connectivity index is 1.92. The van der Waals surface area contributed by atoms with Crippen LogP contribution in [0.1, 0.15) is 16.8 Å². The molecule has 0 fully saturated rings. The highest BCUT2D eigenvalue weighted by Crippen LogP contribution is 2.15. The van der Waals surface area contributed by atoms with E-state index in [2.05, 4.69) is 15.4 Å². The third-order valence-corrected chi connectivity index (χ3v) is 6.34. The lowest BCUT2D eigenvalue weighted by Gasteiger charge is -2.18. The Morgan fingerprint density at radius 1 is 1.06 bits per heavy atom. The zero-order valence-corrected chi connectivity index (χ0v) is 18.4. The van der Waals surface area contributed by atoms with Crippen LogP contribution in [0.25, 0.3) is 0 Å². The van der Waals surface area contributed by atoms with Gasteiger partial charge in [-0.3, -0.25) is 9.59 Å². The van der Waals surface area contributed by atoms with Gasteiger partial charge >= 0.3 is 0 Å². The van der Waals surface area contributed by atoms with Gasteiger partial charge < -0.3 is 15.7 Å². The Morgan fingerprint density at radius 3 is 2.35 bits per heavy atom. The maximum Gasteiger partial charge on any atom is 0.251 e. The summed E-state index contributed by atoms with van der Waals surface area (Å²) >= 11 is 1.44. The van der Waals surface area contributed by atoms with Gasteiger partial charge in [0.25, 0.3) is 5.91 Å². The summed E-state index contributed by atoms with van der Waals surface area (Å²) in [5, 5.41) is 14.4. The Labute approximate surface area is 184 Å². The zero-order chi connectivity index (χ0) is 22.9. The second-order valence-electron chi connectivity index (χ2n) is 6.48. The highest BCUT2D eigenvalue weighted by Gasteiger charge is 2.27. The van der Waals surface area contributed by atoms with Gasteiger partial charge in [0, 0.05) is 18.7 Å². The van der Waals surface area contributed by atoms with E-state index in [4.69, 9.17) is 0 Å². The highest BCUT2D eigenvalue weighted by molar-refractivity contribution is 7.98. The molecule has 2 aromatic carbocycles. The predicted octanol–water partition coefficient (Wildman–Crippen LogP) is 1.48. The normalized spacial score (nSPS) is 12.2. The summed E-state index contributed by atoms with van der Waals surface area (Å²) in [4.78, 5) is 24.0. The molecule has 0 spiro atoms. The number of carbonyl (C=O) groups excluding carboxylic acids is 2. The van der Waals surface area contributed by atoms with Crippen LogP contribution in [0.5, 0.6) is 5.75 Å². The van der Waals surface area contributed by atoms with Crippen LogP contribution < -0.4 is 15.4 Å². The fourth-order valence-electron chi connectivity index (χ4n) is 2.59. The number of hydrogen-bond acceptors (Lipinski definition) is 6. The maximum atomic E-state index is 13.9. The van der Waals surface area contributed by atoms with Crippen molar-refractivity contribution in [1.82, 2.24) is 15.4 Å². The summed E-state index contributed by atoms with van der Waals surface area (Å²) in [7, 11) is -4.23. The molecule has 2 aromatic rings. The molecular weight excluding hydrogens is 445 g/mol. The molecule has 1 unspecified atom stereocenters. The number of nitrogens with one attached hydrogen (secondary N) is 3. The fourth-order valence-corrected chi connectivity index (χ4v) is 4.37. The van der Waals surface area contributed by atoms with Crippen molar-refractivity contribution in [3.8, 4) is 5.75 Å². The predicted molar refractivity (Wildman–Crippen MR) is 117 cm³/mol. The monoisotopic (exact) mass is 469 g/mol. The third-order valence-electron chi connectivity index (χ3n) is 4.19. The Bertz CT molecular complexity index is 1000. The summed E-state index contributed by atoms with van der Waals surface area (Å²) in [6, 6.07) is 9.51. The number of hydrogen-bond donors (Lipinski definition) is 4. The largest absolute Gasteiger partial charge is 0.508 e. The topological polar surface area (TPSA) is 125 Å². The van der Waals surface area contributed by atoms with Gasteiger partial charge in [0.15, 0.2) is 0 Å². The van der Waals surface area contributed by atoms with Gasteiger partial charge in [-0.15, -0.1) is 0 Å². The molecule has 1 atom stereocenters. The highest BCUT2D eigenvalue weighted by atomic mass is 32.2. The van der Waals surface area contributed by atoms with Gasteiger partial charge in [-0.05, 0) is 54.8 Å². The molecule has 0 aromatic heterocycles. The number of aromatic hydroxyl groups is 1. The molecule has 0 saturated heterocycles. The number of carbonyl (C=O) groups is 2. The van der Waals surface area contributed by atoms with E-state index in [1.807, 2.05) is 6.26 Å². The van der Waals surface area contributed by atoms with Crippen molar-refractivity contribution in [3.05, 3.63) is 59.9 Å². The molecule has 11 heteroatoms. The van der Waals surface area contributed by atoms with Gasteiger partial charge in [-0.1, -0.05) is 12.1 Å². The molecule has 0 heterocycles. The van der Waals surface area contributed by atoms with Crippen molar-refractivity contribution in [3.63, 3.8) is 0 Å². The van der Waals surface area contributed by atoms with Gasteiger partial charge in [0.05, 0.1) is 0 Å². The number of thioether (sulfide) groups is 1. The lowest BCUT2D eigenvalue weighted by molar-refractivity contribution is -0.122. The van der Waals surface area contributed by atoms with Gasteiger partial charge in [0.2, 0.25) is 15.9 Å². The lowest BCUT2D eigenvalue weighted by Crippen LogP contribution is -2.48. The van der Waals surface area contributed by atoms with E-state index in [9.17, 15) is 27.5 Å². The third kappa shape index (κ3) is 7.53. The molecule has 2 rings (SSSR count). The first-order chi connectivity index (χ1) is 14.7. The van der Waals surface area contributed by atoms with Gasteiger partial charge in [-0.25, -0.2) is 12.8 Å². The minimum Gasteiger partial charge on any atom is -0.508 e. The van der Waals surface area contributed by atoms with Crippen molar-refractivity contribution < 1.29 is 27.5 Å². The van der Waals surface area contributed by atoms with Crippen molar-refractivity contribution >= 4 is 33.6 Å². The van der Waals surface area contributed by atoms with Crippen molar-refractivity contribution in [2.45, 2.75) is 17.4 Å². The molecule has 0 bridgehead atoms. The standard InChI is InChI=1S/C20H24FN3O5S2/c1-30-13-10-17(24-31(28,29)18-5-3-2-4-16(18)21)20(27)23-12-11-22-19(26)14-6-8-15(25)9-7-14/h2-9,17,24-25H,10-13H2,1H3,(H,22,26)(H,23,27). The molecule has 2 amide bonds. The molecule has 31 heavy (non-hydrogen) atoms. The average Bonchev–Trinajstić information content (AvgIpc) is 2.74. The summed E-state index contributed by atoms with van der Waals surface area (Å²) < 4.78 is 41.2. The first kappa shape index (κ1) is 24.6. The molecule has 0 aliphatic heterocycles. The molecule has 0 saturated carbocycles. The second-order valence-corrected chi connectivity index (χ2v) is 9.15. The fraction of sp³-hybridized carbons (Fsp3) is 0.300. The van der Waals surface area contributed by atoms with E-state index in [0.29, 0.717) is 11.3 Å². The second kappa shape index (κ2) is 11.7. The van der Waals surface area contributed by atoms with Gasteiger partial charge in [0.1, 0.15) is 22.5 Å². The maximum absolute atomic E-state index is 13.9. The number of benzene rings is 2. The van der Waals surface area contributed by atoms with Crippen molar-refractivity contribution in [1.29, 1.82) is 0 Å². The van der Waals surface area contributed by atoms with Crippen molar-refractivity contribution in [2.24, 2.45) is 0 Å². The van der Waals surface area contributed by atoms with E-state index in [0.717, 1.165) is 12.1 Å². The van der Waals surface area contributed by atoms with Crippen LogP contribution in [0.3, 0.4) is 0 Å². The molecule has 0 aliphatic carbocycles. The van der Waals surface area contributed by atoms with Crippen molar-refractivity contribution in [2.75, 3.05) is 25.1 Å². The van der Waals surface area contributed by atoms with E-state index in [1.165, 1.54) is 48.2 Å². The van der Waals surface area contributed by atoms with E-state index in [-0.39, 0.29) is 31.2 Å². The Morgan fingerprint density at radius 2 is 1.71 bits per heavy atom. The zero-order valence-electron chi connectivity index (χ0n) is 16.8. The smallest absolute Gasteiger partial charge is 0.251 e. The van der Waals surface area contributed by atoms with Gasteiger partial charge in [-0.2, -0.15) is 16.5 Å². The van der Waals surface area contributed by atoms with E-state index < -0.39 is 32.7 Å². The molecule has 4 N–H and O–H groups in total. The van der Waals surface area contributed by atoms with Crippen LogP contribution >= 0.6 is 11.8 Å². The minimum absolute atomic E-state index is 0.0398. The summed E-state index contributed by atoms with van der Waals surface area (Å²) in [6.07, 6.45) is 2.03. The Kier molecular flexibility index (Phi) is 9.28. The quantitative estimate of drug-likeness (QED) is 0.370. The average molecular weight is 470 g/mol. The number of phenols is 1. The van der Waals surface area contributed by atoms with Crippen LogP contribution in [-0.2, 0) is 14.8 Å². The van der Waals surface area contributed by atoms with Crippen LogP contribution in [0, 0.1) is 5.82 Å². The number of rotatable bonds is 11. The summed E-state index contributed by atoms with van der Waals surface area (Å²) in [5.41, 5.74) is 0.347.